The zero-order chi connectivity index (χ0) is 16.5. The van der Waals surface area contributed by atoms with Crippen molar-refractivity contribution in [2.24, 2.45) is 10.7 Å². The number of hydrogen-bond acceptors (Lipinski definition) is 3. The summed E-state index contributed by atoms with van der Waals surface area (Å²) in [5, 5.41) is 3.91. The van der Waals surface area contributed by atoms with Gasteiger partial charge in [0, 0.05) is 24.7 Å². The molecule has 1 fully saturated rings. The van der Waals surface area contributed by atoms with Crippen LogP contribution in [0.3, 0.4) is 0 Å². The van der Waals surface area contributed by atoms with E-state index in [0.717, 1.165) is 50.7 Å². The molecule has 1 aliphatic rings. The zero-order valence-corrected chi connectivity index (χ0v) is 17.3. The first kappa shape index (κ1) is 21.5. The summed E-state index contributed by atoms with van der Waals surface area (Å²) in [6.07, 6.45) is 2.23. The lowest BCUT2D eigenvalue weighted by atomic mass is 10.0. The number of nitrogens with one attached hydrogen (secondary N) is 1. The minimum Gasteiger partial charge on any atom is -0.379 e. The SMILES string of the molecule is CCCCNC(N)=NCC(c1cccc(Cl)c1)N1CCOCC1.I. The van der Waals surface area contributed by atoms with Crippen molar-refractivity contribution >= 4 is 41.5 Å². The number of nitrogens with zero attached hydrogens (tertiary/aromatic N) is 2. The third-order valence-electron chi connectivity index (χ3n) is 3.99. The van der Waals surface area contributed by atoms with Crippen LogP contribution in [0.2, 0.25) is 5.02 Å². The quantitative estimate of drug-likeness (QED) is 0.281. The summed E-state index contributed by atoms with van der Waals surface area (Å²) in [5.74, 6) is 0.513. The second kappa shape index (κ2) is 11.9. The van der Waals surface area contributed by atoms with Crippen LogP contribution in [0, 0.1) is 0 Å². The van der Waals surface area contributed by atoms with E-state index in [9.17, 15) is 0 Å². The van der Waals surface area contributed by atoms with Crippen LogP contribution < -0.4 is 11.1 Å². The van der Waals surface area contributed by atoms with Crippen LogP contribution in [-0.2, 0) is 4.74 Å². The van der Waals surface area contributed by atoms with Gasteiger partial charge >= 0.3 is 0 Å². The zero-order valence-electron chi connectivity index (χ0n) is 14.2. The Morgan fingerprint density at radius 2 is 2.17 bits per heavy atom. The Hall–Kier alpha value is -0.570. The van der Waals surface area contributed by atoms with Crippen molar-refractivity contribution in [3.8, 4) is 0 Å². The van der Waals surface area contributed by atoms with Crippen molar-refractivity contribution < 1.29 is 4.74 Å². The van der Waals surface area contributed by atoms with Gasteiger partial charge in [-0.3, -0.25) is 9.89 Å². The van der Waals surface area contributed by atoms with Gasteiger partial charge in [0.1, 0.15) is 0 Å². The second-order valence-corrected chi connectivity index (χ2v) is 6.16. The Labute approximate surface area is 167 Å². The fourth-order valence-corrected chi connectivity index (χ4v) is 2.87. The molecule has 0 aromatic heterocycles. The smallest absolute Gasteiger partial charge is 0.188 e. The number of nitrogens with two attached hydrogens (primary N) is 1. The number of morpholine rings is 1. The summed E-state index contributed by atoms with van der Waals surface area (Å²) in [5.41, 5.74) is 7.14. The summed E-state index contributed by atoms with van der Waals surface area (Å²) in [6.45, 7) is 6.95. The number of unbranched alkanes of at least 4 members (excludes halogenated alkanes) is 1. The van der Waals surface area contributed by atoms with Crippen LogP contribution in [-0.4, -0.2) is 50.3 Å². The van der Waals surface area contributed by atoms with Gasteiger partial charge in [-0.15, -0.1) is 24.0 Å². The maximum atomic E-state index is 6.16. The highest BCUT2D eigenvalue weighted by Crippen LogP contribution is 2.24. The molecule has 1 aromatic carbocycles. The van der Waals surface area contributed by atoms with Gasteiger partial charge in [0.25, 0.3) is 0 Å². The molecule has 0 aliphatic carbocycles. The first-order valence-corrected chi connectivity index (χ1v) is 8.69. The highest BCUT2D eigenvalue weighted by molar-refractivity contribution is 14.0. The number of ether oxygens (including phenoxy) is 1. The van der Waals surface area contributed by atoms with E-state index in [4.69, 9.17) is 22.1 Å². The van der Waals surface area contributed by atoms with Crippen LogP contribution in [0.15, 0.2) is 29.3 Å². The molecule has 1 saturated heterocycles. The normalized spacial score (nSPS) is 17.2. The van der Waals surface area contributed by atoms with E-state index in [1.165, 1.54) is 5.56 Å². The van der Waals surface area contributed by atoms with Crippen molar-refractivity contribution in [1.29, 1.82) is 0 Å². The molecule has 136 valence electrons. The van der Waals surface area contributed by atoms with Crippen molar-refractivity contribution in [1.82, 2.24) is 10.2 Å². The minimum atomic E-state index is 0. The average molecular weight is 467 g/mol. The Morgan fingerprint density at radius 1 is 1.42 bits per heavy atom. The third-order valence-corrected chi connectivity index (χ3v) is 4.23. The number of rotatable bonds is 7. The highest BCUT2D eigenvalue weighted by Gasteiger charge is 2.22. The van der Waals surface area contributed by atoms with E-state index >= 15 is 0 Å². The number of guanidine groups is 1. The number of halogens is 2. The lowest BCUT2D eigenvalue weighted by Gasteiger charge is -2.34. The van der Waals surface area contributed by atoms with Crippen LogP contribution in [0.25, 0.3) is 0 Å². The van der Waals surface area contributed by atoms with Crippen LogP contribution in [0.4, 0.5) is 0 Å². The lowest BCUT2D eigenvalue weighted by Crippen LogP contribution is -2.41. The van der Waals surface area contributed by atoms with Gasteiger partial charge in [0.05, 0.1) is 25.8 Å². The topological polar surface area (TPSA) is 62.9 Å². The van der Waals surface area contributed by atoms with Crippen LogP contribution in [0.5, 0.6) is 0 Å². The maximum absolute atomic E-state index is 6.16. The summed E-state index contributed by atoms with van der Waals surface area (Å²) < 4.78 is 5.46. The number of hydrogen-bond donors (Lipinski definition) is 2. The van der Waals surface area contributed by atoms with Crippen molar-refractivity contribution in [3.05, 3.63) is 34.9 Å². The molecule has 1 atom stereocenters. The summed E-state index contributed by atoms with van der Waals surface area (Å²) in [4.78, 5) is 6.92. The first-order chi connectivity index (χ1) is 11.2. The van der Waals surface area contributed by atoms with Crippen molar-refractivity contribution in [2.75, 3.05) is 39.4 Å². The molecular formula is C17H28ClIN4O. The van der Waals surface area contributed by atoms with Gasteiger partial charge in [0.15, 0.2) is 5.96 Å². The molecule has 5 nitrogen and oxygen atoms in total. The highest BCUT2D eigenvalue weighted by atomic mass is 127. The van der Waals surface area contributed by atoms with Crippen LogP contribution in [0.1, 0.15) is 31.4 Å². The van der Waals surface area contributed by atoms with Crippen molar-refractivity contribution in [3.63, 3.8) is 0 Å². The van der Waals surface area contributed by atoms with Gasteiger partial charge in [0.2, 0.25) is 0 Å². The molecule has 0 amide bonds. The fraction of sp³-hybridized carbons (Fsp3) is 0.588. The summed E-state index contributed by atoms with van der Waals surface area (Å²) in [6, 6.07) is 8.16. The Bertz CT molecular complexity index is 509. The maximum Gasteiger partial charge on any atom is 0.188 e. The molecule has 0 spiro atoms. The predicted octanol–water partition coefficient (Wildman–Crippen LogP) is 3.04. The van der Waals surface area contributed by atoms with E-state index in [1.54, 1.807) is 0 Å². The monoisotopic (exact) mass is 466 g/mol. The molecule has 0 radical (unpaired) electrons. The largest absolute Gasteiger partial charge is 0.379 e. The molecule has 0 bridgehead atoms. The third kappa shape index (κ3) is 7.13. The molecule has 3 N–H and O–H groups in total. The fourth-order valence-electron chi connectivity index (χ4n) is 2.67. The van der Waals surface area contributed by atoms with E-state index < -0.39 is 0 Å². The summed E-state index contributed by atoms with van der Waals surface area (Å²) in [7, 11) is 0. The predicted molar refractivity (Wildman–Crippen MR) is 111 cm³/mol. The molecule has 1 aliphatic heterocycles. The van der Waals surface area contributed by atoms with Gasteiger partial charge in [-0.05, 0) is 24.1 Å². The van der Waals surface area contributed by atoms with E-state index in [2.05, 4.69) is 28.2 Å². The van der Waals surface area contributed by atoms with Crippen molar-refractivity contribution in [2.45, 2.75) is 25.8 Å². The molecular weight excluding hydrogens is 439 g/mol. The summed E-state index contributed by atoms with van der Waals surface area (Å²) >= 11 is 6.16. The van der Waals surface area contributed by atoms with Crippen LogP contribution >= 0.6 is 35.6 Å². The molecule has 0 saturated carbocycles. The Kier molecular flexibility index (Phi) is 10.6. The number of benzene rings is 1. The average Bonchev–Trinajstić information content (AvgIpc) is 2.56. The van der Waals surface area contributed by atoms with Gasteiger partial charge in [-0.1, -0.05) is 37.1 Å². The minimum absolute atomic E-state index is 0. The lowest BCUT2D eigenvalue weighted by molar-refractivity contribution is 0.0180. The van der Waals surface area contributed by atoms with E-state index in [1.807, 2.05) is 18.2 Å². The molecule has 1 unspecified atom stereocenters. The van der Waals surface area contributed by atoms with Gasteiger partial charge < -0.3 is 15.8 Å². The molecule has 24 heavy (non-hydrogen) atoms. The Balaban J connectivity index is 0.00000288. The van der Waals surface area contributed by atoms with E-state index in [0.29, 0.717) is 12.5 Å². The first-order valence-electron chi connectivity index (χ1n) is 8.31. The number of aliphatic imine (C=N–C) groups is 1. The Morgan fingerprint density at radius 3 is 2.83 bits per heavy atom. The molecule has 7 heteroatoms. The molecule has 1 heterocycles. The molecule has 1 aromatic rings. The molecule has 2 rings (SSSR count). The van der Waals surface area contributed by atoms with Gasteiger partial charge in [-0.25, -0.2) is 0 Å². The standard InChI is InChI=1S/C17H27ClN4O.HI/c1-2-3-7-20-17(19)21-13-16(22-8-10-23-11-9-22)14-5-4-6-15(18)12-14;/h4-6,12,16H,2-3,7-11,13H2,1H3,(H3,19,20,21);1H. The van der Waals surface area contributed by atoms with Gasteiger partial charge in [-0.2, -0.15) is 0 Å². The second-order valence-electron chi connectivity index (χ2n) is 5.73. The van der Waals surface area contributed by atoms with E-state index in [-0.39, 0.29) is 30.0 Å².